The fourth-order valence-corrected chi connectivity index (χ4v) is 2.55. The van der Waals surface area contributed by atoms with Crippen molar-refractivity contribution in [3.05, 3.63) is 45.4 Å². The van der Waals surface area contributed by atoms with Gasteiger partial charge >= 0.3 is 0 Å². The minimum atomic E-state index is 0.510. The second kappa shape index (κ2) is 5.90. The molecule has 0 unspecified atom stereocenters. The zero-order valence-corrected chi connectivity index (χ0v) is 12.0. The number of benzene rings is 1. The van der Waals surface area contributed by atoms with Crippen molar-refractivity contribution >= 4 is 22.9 Å². The normalized spacial score (nSPS) is 14.6. The van der Waals surface area contributed by atoms with Gasteiger partial charge in [0.15, 0.2) is 0 Å². The molecule has 0 amide bonds. The van der Waals surface area contributed by atoms with E-state index in [0.29, 0.717) is 12.6 Å². The second-order valence-corrected chi connectivity index (χ2v) is 6.04. The number of hydrogen-bond donors (Lipinski definition) is 1. The molecule has 100 valence electrons. The lowest BCUT2D eigenvalue weighted by Gasteiger charge is -2.11. The van der Waals surface area contributed by atoms with Gasteiger partial charge in [0, 0.05) is 34.7 Å². The predicted molar refractivity (Wildman–Crippen MR) is 77.8 cm³/mol. The summed E-state index contributed by atoms with van der Waals surface area (Å²) in [4.78, 5) is 4.21. The largest absolute Gasteiger partial charge is 0.486 e. The van der Waals surface area contributed by atoms with E-state index in [4.69, 9.17) is 16.3 Å². The van der Waals surface area contributed by atoms with E-state index in [1.54, 1.807) is 17.5 Å². The number of ether oxygens (including phenoxy) is 1. The minimum absolute atomic E-state index is 0.510. The summed E-state index contributed by atoms with van der Waals surface area (Å²) in [5.41, 5.74) is 1.11. The first kappa shape index (κ1) is 12.9. The van der Waals surface area contributed by atoms with Gasteiger partial charge in [-0.3, -0.25) is 0 Å². The lowest BCUT2D eigenvalue weighted by Crippen LogP contribution is -2.16. The molecular weight excluding hydrogens is 280 g/mol. The molecule has 2 aromatic rings. The second-order valence-electron chi connectivity index (χ2n) is 4.62. The zero-order chi connectivity index (χ0) is 13.1. The number of thiazole rings is 1. The molecule has 1 heterocycles. The number of rotatable bonds is 6. The van der Waals surface area contributed by atoms with Crippen LogP contribution < -0.4 is 10.1 Å². The molecule has 1 aromatic heterocycles. The highest BCUT2D eigenvalue weighted by molar-refractivity contribution is 7.09. The number of aromatic nitrogens is 1. The maximum Gasteiger partial charge on any atom is 0.140 e. The van der Waals surface area contributed by atoms with Crippen molar-refractivity contribution in [3.8, 4) is 5.75 Å². The van der Waals surface area contributed by atoms with Crippen LogP contribution in [0.15, 0.2) is 29.8 Å². The maximum atomic E-state index is 6.05. The van der Waals surface area contributed by atoms with Crippen LogP contribution in [0, 0.1) is 0 Å². The molecule has 1 fully saturated rings. The molecule has 1 aliphatic carbocycles. The van der Waals surface area contributed by atoms with Crippen LogP contribution in [0.5, 0.6) is 5.75 Å². The van der Waals surface area contributed by atoms with Crippen LogP contribution in [-0.4, -0.2) is 11.0 Å². The Balaban J connectivity index is 1.67. The van der Waals surface area contributed by atoms with Crippen LogP contribution in [0.25, 0.3) is 0 Å². The summed E-state index contributed by atoms with van der Waals surface area (Å²) in [6.45, 7) is 1.31. The highest BCUT2D eigenvalue weighted by Gasteiger charge is 2.20. The third-order valence-corrected chi connectivity index (χ3v) is 4.00. The Kier molecular flexibility index (Phi) is 4.01. The average Bonchev–Trinajstić information content (AvgIpc) is 3.10. The molecule has 0 bridgehead atoms. The molecule has 0 saturated heterocycles. The fourth-order valence-electron chi connectivity index (χ4n) is 1.83. The number of nitrogens with one attached hydrogen (secondary N) is 1. The first-order valence-electron chi connectivity index (χ1n) is 6.34. The molecule has 1 N–H and O–H groups in total. The summed E-state index contributed by atoms with van der Waals surface area (Å²) in [7, 11) is 0. The van der Waals surface area contributed by atoms with Gasteiger partial charge in [-0.25, -0.2) is 4.98 Å². The molecule has 1 aromatic carbocycles. The minimum Gasteiger partial charge on any atom is -0.486 e. The SMILES string of the molecule is Clc1ccc(OCc2nccs2)c(CNC2CC2)c1. The third-order valence-electron chi connectivity index (χ3n) is 3.02. The Morgan fingerprint density at radius 1 is 1.42 bits per heavy atom. The first-order valence-corrected chi connectivity index (χ1v) is 7.60. The highest BCUT2D eigenvalue weighted by Crippen LogP contribution is 2.26. The highest BCUT2D eigenvalue weighted by atomic mass is 35.5. The van der Waals surface area contributed by atoms with Gasteiger partial charge in [-0.1, -0.05) is 11.6 Å². The third kappa shape index (κ3) is 3.69. The standard InChI is InChI=1S/C14H15ClN2OS/c15-11-1-4-13(18-9-14-16-5-6-19-14)10(7-11)8-17-12-2-3-12/h1,4-7,12,17H,2-3,8-9H2. The summed E-state index contributed by atoms with van der Waals surface area (Å²) in [6, 6.07) is 6.43. The van der Waals surface area contributed by atoms with E-state index in [0.717, 1.165) is 27.9 Å². The van der Waals surface area contributed by atoms with E-state index in [9.17, 15) is 0 Å². The molecule has 0 aliphatic heterocycles. The smallest absolute Gasteiger partial charge is 0.140 e. The molecule has 5 heteroatoms. The summed E-state index contributed by atoms with van der Waals surface area (Å²) in [5.74, 6) is 0.882. The fraction of sp³-hybridized carbons (Fsp3) is 0.357. The lowest BCUT2D eigenvalue weighted by atomic mass is 10.2. The van der Waals surface area contributed by atoms with Crippen molar-refractivity contribution < 1.29 is 4.74 Å². The first-order chi connectivity index (χ1) is 9.31. The van der Waals surface area contributed by atoms with Gasteiger partial charge in [-0.2, -0.15) is 0 Å². The van der Waals surface area contributed by atoms with E-state index in [-0.39, 0.29) is 0 Å². The Bertz CT molecular complexity index is 540. The van der Waals surface area contributed by atoms with Crippen molar-refractivity contribution in [3.63, 3.8) is 0 Å². The van der Waals surface area contributed by atoms with Crippen molar-refractivity contribution in [1.82, 2.24) is 10.3 Å². The molecule has 1 saturated carbocycles. The van der Waals surface area contributed by atoms with Crippen LogP contribution in [-0.2, 0) is 13.2 Å². The Hall–Kier alpha value is -1.10. The van der Waals surface area contributed by atoms with Gasteiger partial charge in [0.25, 0.3) is 0 Å². The van der Waals surface area contributed by atoms with Crippen LogP contribution in [0.4, 0.5) is 0 Å². The van der Waals surface area contributed by atoms with Gasteiger partial charge in [-0.15, -0.1) is 11.3 Å². The van der Waals surface area contributed by atoms with Crippen LogP contribution in [0.3, 0.4) is 0 Å². The lowest BCUT2D eigenvalue weighted by molar-refractivity contribution is 0.301. The van der Waals surface area contributed by atoms with E-state index in [1.807, 2.05) is 23.6 Å². The maximum absolute atomic E-state index is 6.05. The van der Waals surface area contributed by atoms with E-state index < -0.39 is 0 Å². The van der Waals surface area contributed by atoms with E-state index in [2.05, 4.69) is 10.3 Å². The monoisotopic (exact) mass is 294 g/mol. The van der Waals surface area contributed by atoms with Gasteiger partial charge in [0.05, 0.1) is 0 Å². The van der Waals surface area contributed by atoms with Gasteiger partial charge in [0.2, 0.25) is 0 Å². The number of nitrogens with zero attached hydrogens (tertiary/aromatic N) is 1. The molecule has 3 rings (SSSR count). The summed E-state index contributed by atoms with van der Waals surface area (Å²) < 4.78 is 5.84. The topological polar surface area (TPSA) is 34.1 Å². The predicted octanol–water partition coefficient (Wildman–Crippen LogP) is 3.63. The summed E-state index contributed by atoms with van der Waals surface area (Å²) in [6.07, 6.45) is 4.34. The average molecular weight is 295 g/mol. The summed E-state index contributed by atoms with van der Waals surface area (Å²) >= 11 is 7.66. The molecule has 3 nitrogen and oxygen atoms in total. The quantitative estimate of drug-likeness (QED) is 0.883. The Morgan fingerprint density at radius 2 is 2.32 bits per heavy atom. The van der Waals surface area contributed by atoms with E-state index in [1.165, 1.54) is 12.8 Å². The zero-order valence-electron chi connectivity index (χ0n) is 10.4. The van der Waals surface area contributed by atoms with Gasteiger partial charge < -0.3 is 10.1 Å². The van der Waals surface area contributed by atoms with Crippen molar-refractivity contribution in [2.75, 3.05) is 0 Å². The summed E-state index contributed by atoms with van der Waals surface area (Å²) in [5, 5.41) is 7.16. The van der Waals surface area contributed by atoms with E-state index >= 15 is 0 Å². The van der Waals surface area contributed by atoms with Crippen LogP contribution >= 0.6 is 22.9 Å². The molecule has 19 heavy (non-hydrogen) atoms. The van der Waals surface area contributed by atoms with Crippen molar-refractivity contribution in [2.24, 2.45) is 0 Å². The van der Waals surface area contributed by atoms with Crippen LogP contribution in [0.1, 0.15) is 23.4 Å². The Morgan fingerprint density at radius 3 is 3.05 bits per heavy atom. The molecule has 1 aliphatic rings. The van der Waals surface area contributed by atoms with Crippen molar-refractivity contribution in [2.45, 2.75) is 32.0 Å². The molecule has 0 spiro atoms. The molecule has 0 atom stereocenters. The Labute approximate surface area is 121 Å². The molecular formula is C14H15ClN2OS. The number of hydrogen-bond acceptors (Lipinski definition) is 4. The van der Waals surface area contributed by atoms with Crippen LogP contribution in [0.2, 0.25) is 5.02 Å². The van der Waals surface area contributed by atoms with Gasteiger partial charge in [0.1, 0.15) is 17.4 Å². The van der Waals surface area contributed by atoms with Crippen molar-refractivity contribution in [1.29, 1.82) is 0 Å². The number of halogens is 1. The van der Waals surface area contributed by atoms with Gasteiger partial charge in [-0.05, 0) is 31.0 Å². The molecule has 0 radical (unpaired) electrons.